The van der Waals surface area contributed by atoms with E-state index in [1.54, 1.807) is 57.3 Å². The summed E-state index contributed by atoms with van der Waals surface area (Å²) < 4.78 is 2.46. The summed E-state index contributed by atoms with van der Waals surface area (Å²) in [5, 5.41) is 2.59. The smallest absolute Gasteiger partial charge is 0.337 e. The van der Waals surface area contributed by atoms with Gasteiger partial charge >= 0.3 is 11.7 Å². The quantitative estimate of drug-likeness (QED) is 0.699. The molecule has 2 heterocycles. The lowest BCUT2D eigenvalue weighted by molar-refractivity contribution is -0.122. The Labute approximate surface area is 161 Å². The molecular formula is C19H22N6O3. The normalized spacial score (nSPS) is 12.7. The zero-order chi connectivity index (χ0) is 20.5. The molecule has 0 unspecified atom stereocenters. The van der Waals surface area contributed by atoms with Crippen molar-refractivity contribution in [3.63, 3.8) is 0 Å². The molecule has 9 heteroatoms. The van der Waals surface area contributed by atoms with Crippen LogP contribution in [0.15, 0.2) is 47.7 Å². The summed E-state index contributed by atoms with van der Waals surface area (Å²) in [5.41, 5.74) is 5.94. The molecular weight excluding hydrogens is 360 g/mol. The molecule has 146 valence electrons. The number of nitrogens with two attached hydrogens (primary N) is 1. The van der Waals surface area contributed by atoms with Crippen LogP contribution in [0.4, 0.5) is 4.79 Å². The lowest BCUT2D eigenvalue weighted by Crippen LogP contribution is -2.54. The third kappa shape index (κ3) is 3.64. The lowest BCUT2D eigenvalue weighted by Gasteiger charge is -2.28. The molecule has 3 rings (SSSR count). The molecule has 0 aliphatic rings. The standard InChI is InChI=1S/C19H22N6O3/c1-19(2,3)15(16(20)26)23-17(27)25-14-7-5-4-6-13(14)24(18(25)28)10-12-8-9-21-11-22-12/h4-9,11,15H,10H2,1-3H3,(H2,20,26)(H,23,27)/t15-/m1/s1. The number of aromatic nitrogens is 4. The zero-order valence-corrected chi connectivity index (χ0v) is 15.9. The second-order valence-corrected chi connectivity index (χ2v) is 7.54. The maximum absolute atomic E-state index is 13.0. The van der Waals surface area contributed by atoms with Crippen molar-refractivity contribution in [2.45, 2.75) is 33.4 Å². The molecule has 0 aliphatic carbocycles. The molecule has 28 heavy (non-hydrogen) atoms. The van der Waals surface area contributed by atoms with Crippen molar-refractivity contribution < 1.29 is 9.59 Å². The summed E-state index contributed by atoms with van der Waals surface area (Å²) in [6, 6.07) is 6.98. The topological polar surface area (TPSA) is 125 Å². The fraction of sp³-hybridized carbons (Fsp3) is 0.316. The van der Waals surface area contributed by atoms with Crippen molar-refractivity contribution in [3.05, 3.63) is 59.0 Å². The van der Waals surface area contributed by atoms with E-state index in [1.807, 2.05) is 0 Å². The maximum Gasteiger partial charge on any atom is 0.337 e. The van der Waals surface area contributed by atoms with E-state index in [-0.39, 0.29) is 6.54 Å². The Bertz CT molecular complexity index is 1080. The predicted octanol–water partition coefficient (Wildman–Crippen LogP) is 1.10. The van der Waals surface area contributed by atoms with Crippen molar-refractivity contribution in [3.8, 4) is 0 Å². The van der Waals surface area contributed by atoms with Crippen molar-refractivity contribution in [2.24, 2.45) is 11.1 Å². The molecule has 0 radical (unpaired) electrons. The number of rotatable bonds is 4. The number of imidazole rings is 1. The highest BCUT2D eigenvalue weighted by molar-refractivity contribution is 5.92. The predicted molar refractivity (Wildman–Crippen MR) is 104 cm³/mol. The second-order valence-electron chi connectivity index (χ2n) is 7.54. The number of fused-ring (bicyclic) bond motifs is 1. The van der Waals surface area contributed by atoms with Gasteiger partial charge in [-0.15, -0.1) is 0 Å². The molecule has 1 atom stereocenters. The molecule has 3 N–H and O–H groups in total. The molecule has 2 amide bonds. The van der Waals surface area contributed by atoms with Crippen LogP contribution in [0.25, 0.3) is 11.0 Å². The first-order chi connectivity index (χ1) is 13.2. The van der Waals surface area contributed by atoms with E-state index in [9.17, 15) is 14.4 Å². The Hall–Kier alpha value is -3.49. The highest BCUT2D eigenvalue weighted by Gasteiger charge is 2.32. The number of nitrogens with one attached hydrogen (secondary N) is 1. The number of hydrogen-bond acceptors (Lipinski definition) is 5. The van der Waals surface area contributed by atoms with E-state index in [4.69, 9.17) is 5.73 Å². The van der Waals surface area contributed by atoms with Crippen LogP contribution < -0.4 is 16.7 Å². The van der Waals surface area contributed by atoms with E-state index in [1.165, 1.54) is 10.9 Å². The van der Waals surface area contributed by atoms with Crippen LogP contribution in [-0.4, -0.2) is 37.1 Å². The third-order valence-corrected chi connectivity index (χ3v) is 4.42. The van der Waals surface area contributed by atoms with E-state index >= 15 is 0 Å². The van der Waals surface area contributed by atoms with Gasteiger partial charge < -0.3 is 11.1 Å². The van der Waals surface area contributed by atoms with Gasteiger partial charge in [-0.2, -0.15) is 0 Å². The number of benzene rings is 1. The minimum atomic E-state index is -0.934. The Morgan fingerprint density at radius 1 is 1.18 bits per heavy atom. The third-order valence-electron chi connectivity index (χ3n) is 4.42. The van der Waals surface area contributed by atoms with Crippen molar-refractivity contribution in [1.82, 2.24) is 24.4 Å². The van der Waals surface area contributed by atoms with Crippen LogP contribution in [0.2, 0.25) is 0 Å². The molecule has 0 saturated carbocycles. The van der Waals surface area contributed by atoms with Gasteiger partial charge in [0.2, 0.25) is 5.91 Å². The molecule has 0 fully saturated rings. The lowest BCUT2D eigenvalue weighted by atomic mass is 9.86. The Morgan fingerprint density at radius 2 is 1.86 bits per heavy atom. The van der Waals surface area contributed by atoms with Crippen LogP contribution in [0, 0.1) is 5.41 Å². The minimum Gasteiger partial charge on any atom is -0.368 e. The highest BCUT2D eigenvalue weighted by atomic mass is 16.2. The first kappa shape index (κ1) is 19.3. The highest BCUT2D eigenvalue weighted by Crippen LogP contribution is 2.20. The molecule has 9 nitrogen and oxygen atoms in total. The van der Waals surface area contributed by atoms with Gasteiger partial charge in [0, 0.05) is 6.20 Å². The molecule has 0 bridgehead atoms. The van der Waals surface area contributed by atoms with E-state index in [0.29, 0.717) is 16.7 Å². The van der Waals surface area contributed by atoms with E-state index in [2.05, 4.69) is 15.3 Å². The summed E-state index contributed by atoms with van der Waals surface area (Å²) in [6.45, 7) is 5.53. The average molecular weight is 382 g/mol. The largest absolute Gasteiger partial charge is 0.368 e. The van der Waals surface area contributed by atoms with Crippen LogP contribution in [0.1, 0.15) is 26.5 Å². The molecule has 1 aromatic carbocycles. The molecule has 2 aromatic heterocycles. The fourth-order valence-electron chi connectivity index (χ4n) is 3.03. The maximum atomic E-state index is 13.0. The van der Waals surface area contributed by atoms with Crippen molar-refractivity contribution in [2.75, 3.05) is 0 Å². The molecule has 0 saturated heterocycles. The molecule has 0 aliphatic heterocycles. The molecule has 3 aromatic rings. The van der Waals surface area contributed by atoms with E-state index in [0.717, 1.165) is 4.57 Å². The summed E-state index contributed by atoms with van der Waals surface area (Å²) in [6.07, 6.45) is 2.98. The number of amides is 2. The summed E-state index contributed by atoms with van der Waals surface area (Å²) in [7, 11) is 0. The number of para-hydroxylation sites is 2. The van der Waals surface area contributed by atoms with Crippen LogP contribution in [0.3, 0.4) is 0 Å². The summed E-state index contributed by atoms with van der Waals surface area (Å²) >= 11 is 0. The fourth-order valence-corrected chi connectivity index (χ4v) is 3.03. The van der Waals surface area contributed by atoms with Crippen LogP contribution in [-0.2, 0) is 11.3 Å². The Kier molecular flexibility index (Phi) is 5.00. The van der Waals surface area contributed by atoms with Gasteiger partial charge in [0.1, 0.15) is 12.4 Å². The summed E-state index contributed by atoms with van der Waals surface area (Å²) in [4.78, 5) is 45.8. The monoisotopic (exact) mass is 382 g/mol. The van der Waals surface area contributed by atoms with Crippen LogP contribution >= 0.6 is 0 Å². The van der Waals surface area contributed by atoms with Crippen molar-refractivity contribution >= 4 is 23.0 Å². The summed E-state index contributed by atoms with van der Waals surface area (Å²) in [5.74, 6) is -0.668. The first-order valence-corrected chi connectivity index (χ1v) is 8.75. The number of nitrogens with zero attached hydrogens (tertiary/aromatic N) is 4. The average Bonchev–Trinajstić information content (AvgIpc) is 2.91. The number of carbonyl (C=O) groups is 2. The van der Waals surface area contributed by atoms with Crippen LogP contribution in [0.5, 0.6) is 0 Å². The van der Waals surface area contributed by atoms with Gasteiger partial charge in [0.25, 0.3) is 0 Å². The van der Waals surface area contributed by atoms with Crippen molar-refractivity contribution in [1.29, 1.82) is 0 Å². The number of carbonyl (C=O) groups excluding carboxylic acids is 2. The zero-order valence-electron chi connectivity index (χ0n) is 15.9. The Balaban J connectivity index is 2.07. The molecule has 0 spiro atoms. The van der Waals surface area contributed by atoms with Gasteiger partial charge in [-0.1, -0.05) is 32.9 Å². The van der Waals surface area contributed by atoms with Gasteiger partial charge in [0.05, 0.1) is 23.3 Å². The number of hydrogen-bond donors (Lipinski definition) is 2. The Morgan fingerprint density at radius 3 is 2.43 bits per heavy atom. The van der Waals surface area contributed by atoms with Gasteiger partial charge in [-0.25, -0.2) is 24.1 Å². The second kappa shape index (κ2) is 7.26. The first-order valence-electron chi connectivity index (χ1n) is 8.75. The number of primary amides is 1. The van der Waals surface area contributed by atoms with Gasteiger partial charge in [-0.3, -0.25) is 9.36 Å². The van der Waals surface area contributed by atoms with Gasteiger partial charge in [-0.05, 0) is 23.6 Å². The van der Waals surface area contributed by atoms with E-state index < -0.39 is 29.1 Å². The SMILES string of the molecule is CC(C)(C)[C@H](NC(=O)n1c(=O)n(Cc2ccncn2)c2ccccc21)C(N)=O. The van der Waals surface area contributed by atoms with Gasteiger partial charge in [0.15, 0.2) is 0 Å². The minimum absolute atomic E-state index is 0.181.